The van der Waals surface area contributed by atoms with E-state index in [9.17, 15) is 4.39 Å². The molecule has 0 aliphatic carbocycles. The number of rotatable bonds is 6. The van der Waals surface area contributed by atoms with Crippen LogP contribution in [0.4, 0.5) is 10.1 Å². The molecule has 0 saturated heterocycles. The van der Waals surface area contributed by atoms with E-state index in [1.807, 2.05) is 30.1 Å². The molecule has 0 aliphatic heterocycles. The maximum atomic E-state index is 12.9. The lowest BCUT2D eigenvalue weighted by Gasteiger charge is -2.21. The molecule has 2 rings (SSSR count). The van der Waals surface area contributed by atoms with Crippen molar-refractivity contribution in [2.45, 2.75) is 6.42 Å². The van der Waals surface area contributed by atoms with Crippen molar-refractivity contribution in [3.8, 4) is 11.5 Å². The molecule has 0 aliphatic rings. The molecule has 0 atom stereocenters. The van der Waals surface area contributed by atoms with E-state index >= 15 is 0 Å². The van der Waals surface area contributed by atoms with Gasteiger partial charge in [-0.3, -0.25) is 0 Å². The van der Waals surface area contributed by atoms with Crippen LogP contribution >= 0.6 is 12.2 Å². The Balaban J connectivity index is 1.91. The summed E-state index contributed by atoms with van der Waals surface area (Å²) in [6, 6.07) is 12.0. The van der Waals surface area contributed by atoms with Crippen LogP contribution in [0.5, 0.6) is 11.5 Å². The largest absolute Gasteiger partial charge is 0.493 e. The fourth-order valence-electron chi connectivity index (χ4n) is 2.19. The Labute approximate surface area is 147 Å². The lowest BCUT2D eigenvalue weighted by Crippen LogP contribution is -2.32. The van der Waals surface area contributed by atoms with E-state index in [1.54, 1.807) is 26.4 Å². The van der Waals surface area contributed by atoms with E-state index in [1.165, 1.54) is 12.1 Å². The molecule has 0 fully saturated rings. The van der Waals surface area contributed by atoms with Crippen LogP contribution in [0.1, 0.15) is 5.56 Å². The Morgan fingerprint density at radius 3 is 2.38 bits per heavy atom. The lowest BCUT2D eigenvalue weighted by molar-refractivity contribution is 0.354. The molecule has 1 N–H and O–H groups in total. The van der Waals surface area contributed by atoms with Crippen molar-refractivity contribution >= 4 is 23.0 Å². The van der Waals surface area contributed by atoms with E-state index < -0.39 is 0 Å². The van der Waals surface area contributed by atoms with Crippen molar-refractivity contribution in [2.75, 3.05) is 33.1 Å². The average molecular weight is 348 g/mol. The van der Waals surface area contributed by atoms with Crippen LogP contribution in [-0.2, 0) is 6.42 Å². The number of benzene rings is 2. The van der Waals surface area contributed by atoms with Crippen LogP contribution in [0.2, 0.25) is 0 Å². The minimum Gasteiger partial charge on any atom is -0.493 e. The molecule has 6 heteroatoms. The maximum absolute atomic E-state index is 12.9. The SMILES string of the molecule is COc1ccc(CCN(C)C(=S)Nc2ccc(F)cc2)cc1OC. The second-order valence-electron chi connectivity index (χ2n) is 5.30. The smallest absolute Gasteiger partial charge is 0.173 e. The molecule has 0 unspecified atom stereocenters. The van der Waals surface area contributed by atoms with Gasteiger partial charge in [0.05, 0.1) is 14.2 Å². The lowest BCUT2D eigenvalue weighted by atomic mass is 10.1. The summed E-state index contributed by atoms with van der Waals surface area (Å²) in [4.78, 5) is 1.94. The van der Waals surface area contributed by atoms with E-state index in [4.69, 9.17) is 21.7 Å². The Morgan fingerprint density at radius 1 is 1.08 bits per heavy atom. The summed E-state index contributed by atoms with van der Waals surface area (Å²) in [7, 11) is 5.15. The second kappa shape index (κ2) is 8.49. The molecule has 24 heavy (non-hydrogen) atoms. The second-order valence-corrected chi connectivity index (χ2v) is 5.68. The van der Waals surface area contributed by atoms with Gasteiger partial charge >= 0.3 is 0 Å². The summed E-state index contributed by atoms with van der Waals surface area (Å²) < 4.78 is 23.5. The highest BCUT2D eigenvalue weighted by atomic mass is 32.1. The van der Waals surface area contributed by atoms with E-state index in [2.05, 4.69) is 5.32 Å². The zero-order chi connectivity index (χ0) is 17.5. The van der Waals surface area contributed by atoms with Crippen LogP contribution in [0.25, 0.3) is 0 Å². The van der Waals surface area contributed by atoms with E-state index in [0.717, 1.165) is 24.2 Å². The molecular weight excluding hydrogens is 327 g/mol. The van der Waals surface area contributed by atoms with Crippen molar-refractivity contribution in [1.29, 1.82) is 0 Å². The summed E-state index contributed by atoms with van der Waals surface area (Å²) in [5, 5.41) is 3.68. The zero-order valence-electron chi connectivity index (χ0n) is 14.0. The van der Waals surface area contributed by atoms with Crippen molar-refractivity contribution in [3.05, 3.63) is 53.8 Å². The molecule has 0 amide bonds. The molecule has 0 spiro atoms. The highest BCUT2D eigenvalue weighted by Crippen LogP contribution is 2.27. The quantitative estimate of drug-likeness (QED) is 0.805. The first kappa shape index (κ1) is 18.0. The van der Waals surface area contributed by atoms with Crippen molar-refractivity contribution in [3.63, 3.8) is 0 Å². The number of ether oxygens (including phenoxy) is 2. The highest BCUT2D eigenvalue weighted by molar-refractivity contribution is 7.80. The molecule has 0 radical (unpaired) electrons. The number of hydrogen-bond donors (Lipinski definition) is 1. The normalized spacial score (nSPS) is 10.2. The van der Waals surface area contributed by atoms with Crippen molar-refractivity contribution in [1.82, 2.24) is 4.90 Å². The van der Waals surface area contributed by atoms with Gasteiger partial charge < -0.3 is 19.7 Å². The van der Waals surface area contributed by atoms with E-state index in [0.29, 0.717) is 16.6 Å². The monoisotopic (exact) mass is 348 g/mol. The Kier molecular flexibility index (Phi) is 6.37. The minimum absolute atomic E-state index is 0.270. The Hall–Kier alpha value is -2.34. The summed E-state index contributed by atoms with van der Waals surface area (Å²) in [5.41, 5.74) is 1.89. The van der Waals surface area contributed by atoms with Gasteiger partial charge in [-0.2, -0.15) is 0 Å². The number of likely N-dealkylation sites (N-methyl/N-ethyl adjacent to an activating group) is 1. The Morgan fingerprint density at radius 2 is 1.75 bits per heavy atom. The van der Waals surface area contributed by atoms with Gasteiger partial charge in [-0.25, -0.2) is 4.39 Å². The van der Waals surface area contributed by atoms with Crippen molar-refractivity contribution in [2.24, 2.45) is 0 Å². The molecular formula is C18H21FN2O2S. The van der Waals surface area contributed by atoms with Crippen LogP contribution < -0.4 is 14.8 Å². The zero-order valence-corrected chi connectivity index (χ0v) is 14.8. The van der Waals surface area contributed by atoms with Crippen LogP contribution in [-0.4, -0.2) is 37.8 Å². The third-order valence-electron chi connectivity index (χ3n) is 3.63. The van der Waals surface area contributed by atoms with Gasteiger partial charge in [-0.1, -0.05) is 6.07 Å². The molecule has 2 aromatic rings. The van der Waals surface area contributed by atoms with Gasteiger partial charge in [0.1, 0.15) is 5.82 Å². The third kappa shape index (κ3) is 4.83. The number of nitrogens with one attached hydrogen (secondary N) is 1. The number of thiocarbonyl (C=S) groups is 1. The first-order chi connectivity index (χ1) is 11.5. The molecule has 0 aromatic heterocycles. The topological polar surface area (TPSA) is 33.7 Å². The van der Waals surface area contributed by atoms with Gasteiger partial charge in [0, 0.05) is 19.3 Å². The summed E-state index contributed by atoms with van der Waals surface area (Å²) in [6.45, 7) is 0.739. The number of hydrogen-bond acceptors (Lipinski definition) is 3. The molecule has 128 valence electrons. The minimum atomic E-state index is -0.270. The standard InChI is InChI=1S/C18H21FN2O2S/c1-21(18(24)20-15-7-5-14(19)6-8-15)11-10-13-4-9-16(22-2)17(12-13)23-3/h4-9,12H,10-11H2,1-3H3,(H,20,24). The summed E-state index contributed by atoms with van der Waals surface area (Å²) in [6.07, 6.45) is 0.808. The maximum Gasteiger partial charge on any atom is 0.173 e. The molecule has 4 nitrogen and oxygen atoms in total. The van der Waals surface area contributed by atoms with Crippen LogP contribution in [0.15, 0.2) is 42.5 Å². The van der Waals surface area contributed by atoms with Gasteiger partial charge in [-0.05, 0) is 60.6 Å². The van der Waals surface area contributed by atoms with Crippen molar-refractivity contribution < 1.29 is 13.9 Å². The van der Waals surface area contributed by atoms with Gasteiger partial charge in [0.2, 0.25) is 0 Å². The fraction of sp³-hybridized carbons (Fsp3) is 0.278. The molecule has 0 bridgehead atoms. The number of nitrogens with zero attached hydrogens (tertiary/aromatic N) is 1. The molecule has 0 heterocycles. The van der Waals surface area contributed by atoms with E-state index in [-0.39, 0.29) is 5.82 Å². The predicted molar refractivity (Wildman–Crippen MR) is 98.5 cm³/mol. The first-order valence-corrected chi connectivity index (χ1v) is 7.93. The summed E-state index contributed by atoms with van der Waals surface area (Å²) in [5.74, 6) is 1.15. The number of methoxy groups -OCH3 is 2. The average Bonchev–Trinajstić information content (AvgIpc) is 2.61. The number of halogens is 1. The van der Waals surface area contributed by atoms with Crippen LogP contribution in [0, 0.1) is 5.82 Å². The van der Waals surface area contributed by atoms with Gasteiger partial charge in [0.15, 0.2) is 16.6 Å². The van der Waals surface area contributed by atoms with Gasteiger partial charge in [-0.15, -0.1) is 0 Å². The predicted octanol–water partition coefficient (Wildman–Crippen LogP) is 3.71. The third-order valence-corrected chi connectivity index (χ3v) is 4.04. The number of anilines is 1. The molecule has 2 aromatic carbocycles. The van der Waals surface area contributed by atoms with Crippen LogP contribution in [0.3, 0.4) is 0 Å². The summed E-state index contributed by atoms with van der Waals surface area (Å²) >= 11 is 5.37. The fourth-order valence-corrected chi connectivity index (χ4v) is 2.40. The Bertz CT molecular complexity index is 692. The highest BCUT2D eigenvalue weighted by Gasteiger charge is 2.08. The molecule has 0 saturated carbocycles. The first-order valence-electron chi connectivity index (χ1n) is 7.52. The van der Waals surface area contributed by atoms with Gasteiger partial charge in [0.25, 0.3) is 0 Å².